The van der Waals surface area contributed by atoms with E-state index in [9.17, 15) is 14.4 Å². The second-order valence-electron chi connectivity index (χ2n) is 7.04. The lowest BCUT2D eigenvalue weighted by Crippen LogP contribution is -2.35. The van der Waals surface area contributed by atoms with Crippen LogP contribution in [0.2, 0.25) is 0 Å². The van der Waals surface area contributed by atoms with Gasteiger partial charge in [0.15, 0.2) is 0 Å². The molecule has 3 aromatic carbocycles. The van der Waals surface area contributed by atoms with Gasteiger partial charge in [0.2, 0.25) is 0 Å². The number of esters is 1. The van der Waals surface area contributed by atoms with Crippen molar-refractivity contribution >= 4 is 56.5 Å². The number of fused-ring (bicyclic) bond motifs is 2. The van der Waals surface area contributed by atoms with E-state index in [1.54, 1.807) is 19.9 Å². The molecule has 0 aliphatic carbocycles. The van der Waals surface area contributed by atoms with Crippen LogP contribution in [0.3, 0.4) is 0 Å². The summed E-state index contributed by atoms with van der Waals surface area (Å²) < 4.78 is 5.06. The predicted octanol–water partition coefficient (Wildman–Crippen LogP) is 4.98. The summed E-state index contributed by atoms with van der Waals surface area (Å²) in [6, 6.07) is 18.0. The number of hydrogen-bond donors (Lipinski definition) is 0. The Morgan fingerprint density at radius 1 is 1.03 bits per heavy atom. The van der Waals surface area contributed by atoms with Crippen molar-refractivity contribution in [3.63, 3.8) is 0 Å². The third kappa shape index (κ3) is 3.76. The Balaban J connectivity index is 1.76. The number of imide groups is 1. The highest BCUT2D eigenvalue weighted by molar-refractivity contribution is 8.18. The monoisotopic (exact) mass is 405 g/mol. The van der Waals surface area contributed by atoms with Crippen molar-refractivity contribution < 1.29 is 19.1 Å². The van der Waals surface area contributed by atoms with Gasteiger partial charge in [-0.3, -0.25) is 19.3 Å². The fraction of sp³-hybridized carbons (Fsp3) is 0.174. The molecule has 1 saturated heterocycles. The predicted molar refractivity (Wildman–Crippen MR) is 115 cm³/mol. The molecule has 6 heteroatoms. The van der Waals surface area contributed by atoms with Gasteiger partial charge < -0.3 is 4.74 Å². The van der Waals surface area contributed by atoms with Crippen LogP contribution in [0.1, 0.15) is 19.4 Å². The lowest BCUT2D eigenvalue weighted by molar-refractivity contribution is -0.149. The zero-order valence-electron chi connectivity index (χ0n) is 16.0. The number of amides is 2. The summed E-state index contributed by atoms with van der Waals surface area (Å²) in [6.07, 6.45) is 1.45. The van der Waals surface area contributed by atoms with E-state index in [1.807, 2.05) is 48.5 Å². The van der Waals surface area contributed by atoms with Gasteiger partial charge in [-0.05, 0) is 64.9 Å². The van der Waals surface area contributed by atoms with Gasteiger partial charge in [-0.1, -0.05) is 48.5 Å². The Labute approximate surface area is 172 Å². The third-order valence-corrected chi connectivity index (χ3v) is 5.52. The quantitative estimate of drug-likeness (QED) is 0.348. The first-order valence-electron chi connectivity index (χ1n) is 9.29. The van der Waals surface area contributed by atoms with Gasteiger partial charge >= 0.3 is 5.97 Å². The van der Waals surface area contributed by atoms with Gasteiger partial charge in [0, 0.05) is 0 Å². The van der Waals surface area contributed by atoms with Crippen molar-refractivity contribution in [1.82, 2.24) is 4.90 Å². The molecule has 0 atom stereocenters. The van der Waals surface area contributed by atoms with Crippen molar-refractivity contribution in [2.75, 3.05) is 6.54 Å². The lowest BCUT2D eigenvalue weighted by atomic mass is 9.96. The van der Waals surface area contributed by atoms with E-state index in [-0.39, 0.29) is 12.6 Å². The molecule has 0 unspecified atom stereocenters. The SMILES string of the molecule is CC(C)OC(=O)CN1C(=O)S/C(=C/c2c3ccccc3cc3ccccc23)C1=O. The minimum Gasteiger partial charge on any atom is -0.462 e. The Hall–Kier alpha value is -3.12. The highest BCUT2D eigenvalue weighted by Crippen LogP contribution is 2.36. The number of carbonyl (C=O) groups excluding carboxylic acids is 3. The minimum atomic E-state index is -0.598. The van der Waals surface area contributed by atoms with E-state index in [4.69, 9.17) is 4.74 Å². The molecular formula is C23H19NO4S. The van der Waals surface area contributed by atoms with Crippen molar-refractivity contribution in [2.24, 2.45) is 0 Å². The van der Waals surface area contributed by atoms with Crippen molar-refractivity contribution in [1.29, 1.82) is 0 Å². The van der Waals surface area contributed by atoms with Crippen molar-refractivity contribution in [2.45, 2.75) is 20.0 Å². The van der Waals surface area contributed by atoms with Crippen LogP contribution in [0.4, 0.5) is 4.79 Å². The zero-order valence-corrected chi connectivity index (χ0v) is 16.9. The van der Waals surface area contributed by atoms with Crippen LogP contribution in [-0.2, 0) is 14.3 Å². The van der Waals surface area contributed by atoms with Crippen molar-refractivity contribution in [3.05, 3.63) is 65.1 Å². The smallest absolute Gasteiger partial charge is 0.326 e. The maximum absolute atomic E-state index is 12.8. The van der Waals surface area contributed by atoms with Gasteiger partial charge in [0.25, 0.3) is 11.1 Å². The van der Waals surface area contributed by atoms with Crippen LogP contribution in [0.15, 0.2) is 59.5 Å². The molecule has 4 rings (SSSR count). The molecule has 0 radical (unpaired) electrons. The number of benzene rings is 3. The Morgan fingerprint density at radius 2 is 1.62 bits per heavy atom. The molecule has 0 N–H and O–H groups in total. The summed E-state index contributed by atoms with van der Waals surface area (Å²) in [5, 5.41) is 3.63. The van der Waals surface area contributed by atoms with Gasteiger partial charge in [0.1, 0.15) is 6.54 Å². The number of ether oxygens (including phenoxy) is 1. The fourth-order valence-corrected chi connectivity index (χ4v) is 4.22. The standard InChI is InChI=1S/C23H19NO4S/c1-14(2)28-21(25)13-24-22(26)20(29-23(24)27)12-19-17-9-5-3-7-15(17)11-16-8-4-6-10-18(16)19/h3-12,14H,13H2,1-2H3/b20-12+. The Kier molecular flexibility index (Phi) is 5.11. The fourth-order valence-electron chi connectivity index (χ4n) is 3.40. The molecule has 0 bridgehead atoms. The van der Waals surface area contributed by atoms with E-state index in [0.29, 0.717) is 4.91 Å². The van der Waals surface area contributed by atoms with Crippen LogP contribution in [0, 0.1) is 0 Å². The van der Waals surface area contributed by atoms with Gasteiger partial charge in [-0.15, -0.1) is 0 Å². The van der Waals surface area contributed by atoms with E-state index >= 15 is 0 Å². The number of rotatable bonds is 4. The molecule has 0 saturated carbocycles. The molecule has 3 aromatic rings. The van der Waals surface area contributed by atoms with E-state index in [0.717, 1.165) is 43.8 Å². The summed E-state index contributed by atoms with van der Waals surface area (Å²) in [5.74, 6) is -1.07. The zero-order chi connectivity index (χ0) is 20.5. The first-order valence-corrected chi connectivity index (χ1v) is 10.1. The molecule has 1 fully saturated rings. The van der Waals surface area contributed by atoms with Gasteiger partial charge in [-0.25, -0.2) is 0 Å². The molecule has 1 aliphatic heterocycles. The average Bonchev–Trinajstić information content (AvgIpc) is 2.94. The maximum atomic E-state index is 12.8. The van der Waals surface area contributed by atoms with Crippen LogP contribution in [0.25, 0.3) is 27.6 Å². The Bertz CT molecular complexity index is 1130. The van der Waals surface area contributed by atoms with Crippen LogP contribution < -0.4 is 0 Å². The second kappa shape index (κ2) is 7.72. The van der Waals surface area contributed by atoms with Gasteiger partial charge in [0.05, 0.1) is 11.0 Å². The number of hydrogen-bond acceptors (Lipinski definition) is 5. The first kappa shape index (κ1) is 19.2. The minimum absolute atomic E-state index is 0.300. The third-order valence-electron chi connectivity index (χ3n) is 4.62. The summed E-state index contributed by atoms with van der Waals surface area (Å²) in [6.45, 7) is 3.06. The highest BCUT2D eigenvalue weighted by Gasteiger charge is 2.37. The molecule has 2 amide bonds. The molecular weight excluding hydrogens is 386 g/mol. The first-order chi connectivity index (χ1) is 13.9. The largest absolute Gasteiger partial charge is 0.462 e. The molecule has 0 spiro atoms. The van der Waals surface area contributed by atoms with Crippen LogP contribution in [-0.4, -0.2) is 34.7 Å². The highest BCUT2D eigenvalue weighted by atomic mass is 32.2. The van der Waals surface area contributed by atoms with E-state index in [1.165, 1.54) is 0 Å². The van der Waals surface area contributed by atoms with Crippen LogP contribution in [0.5, 0.6) is 0 Å². The normalized spacial score (nSPS) is 15.8. The summed E-state index contributed by atoms with van der Waals surface area (Å²) in [5.41, 5.74) is 0.883. The number of carbonyl (C=O) groups is 3. The average molecular weight is 405 g/mol. The Morgan fingerprint density at radius 3 is 2.21 bits per heavy atom. The summed E-state index contributed by atoms with van der Waals surface area (Å²) in [4.78, 5) is 38.3. The second-order valence-corrected chi connectivity index (χ2v) is 8.03. The molecule has 1 heterocycles. The summed E-state index contributed by atoms with van der Waals surface area (Å²) in [7, 11) is 0. The number of thioether (sulfide) groups is 1. The van der Waals surface area contributed by atoms with Crippen LogP contribution >= 0.6 is 11.8 Å². The van der Waals surface area contributed by atoms with E-state index in [2.05, 4.69) is 6.07 Å². The molecule has 0 aromatic heterocycles. The topological polar surface area (TPSA) is 63.7 Å². The lowest BCUT2D eigenvalue weighted by Gasteiger charge is -2.13. The summed E-state index contributed by atoms with van der Waals surface area (Å²) >= 11 is 0.845. The van der Waals surface area contributed by atoms with E-state index < -0.39 is 17.1 Å². The van der Waals surface area contributed by atoms with Gasteiger partial charge in [-0.2, -0.15) is 0 Å². The molecule has 1 aliphatic rings. The maximum Gasteiger partial charge on any atom is 0.326 e. The number of nitrogens with zero attached hydrogens (tertiary/aromatic N) is 1. The molecule has 29 heavy (non-hydrogen) atoms. The van der Waals surface area contributed by atoms with Crippen molar-refractivity contribution in [3.8, 4) is 0 Å². The molecule has 146 valence electrons. The molecule has 5 nitrogen and oxygen atoms in total.